The molecular weight excluding hydrogens is 106 g/mol. The van der Waals surface area contributed by atoms with Crippen LogP contribution in [0.5, 0.6) is 0 Å². The predicted octanol–water partition coefficient (Wildman–Crippen LogP) is -0.122. The summed E-state index contributed by atoms with van der Waals surface area (Å²) in [6.45, 7) is 2.21. The summed E-state index contributed by atoms with van der Waals surface area (Å²) in [5, 5.41) is 0. The van der Waals surface area contributed by atoms with Crippen LogP contribution in [0.1, 0.15) is 0 Å². The SMILES string of the molecule is COC(OC)N1CC1. The van der Waals surface area contributed by atoms with E-state index in [0.29, 0.717) is 0 Å². The van der Waals surface area contributed by atoms with Crippen molar-refractivity contribution >= 4 is 0 Å². The van der Waals surface area contributed by atoms with Crippen molar-refractivity contribution in [3.05, 3.63) is 0 Å². The Labute approximate surface area is 49.2 Å². The van der Waals surface area contributed by atoms with Gasteiger partial charge < -0.3 is 9.47 Å². The maximum absolute atomic E-state index is 4.93. The summed E-state index contributed by atoms with van der Waals surface area (Å²) >= 11 is 0. The van der Waals surface area contributed by atoms with Crippen molar-refractivity contribution in [1.82, 2.24) is 4.90 Å². The van der Waals surface area contributed by atoms with E-state index in [9.17, 15) is 0 Å². The lowest BCUT2D eigenvalue weighted by Crippen LogP contribution is -2.22. The molecule has 1 rings (SSSR count). The Morgan fingerprint density at radius 3 is 1.88 bits per heavy atom. The van der Waals surface area contributed by atoms with E-state index >= 15 is 0 Å². The zero-order valence-corrected chi connectivity index (χ0v) is 5.26. The first kappa shape index (κ1) is 6.01. The van der Waals surface area contributed by atoms with Crippen molar-refractivity contribution in [3.63, 3.8) is 0 Å². The molecular formula is C5H11NO2. The summed E-state index contributed by atoms with van der Waals surface area (Å²) in [6.07, 6.45) is -0.102. The van der Waals surface area contributed by atoms with Crippen molar-refractivity contribution < 1.29 is 9.47 Å². The monoisotopic (exact) mass is 117 g/mol. The van der Waals surface area contributed by atoms with Crippen LogP contribution in [-0.4, -0.2) is 38.6 Å². The van der Waals surface area contributed by atoms with Gasteiger partial charge in [-0.2, -0.15) is 0 Å². The molecule has 0 radical (unpaired) electrons. The summed E-state index contributed by atoms with van der Waals surface area (Å²) in [7, 11) is 3.29. The molecule has 0 spiro atoms. The molecule has 1 aliphatic rings. The van der Waals surface area contributed by atoms with Crippen LogP contribution in [0.15, 0.2) is 0 Å². The Bertz CT molecular complexity index is 68.8. The normalized spacial score (nSPS) is 19.9. The Balaban J connectivity index is 2.15. The minimum atomic E-state index is -0.102. The first-order valence-corrected chi connectivity index (χ1v) is 2.68. The third-order valence-corrected chi connectivity index (χ3v) is 1.18. The van der Waals surface area contributed by atoms with E-state index < -0.39 is 0 Å². The van der Waals surface area contributed by atoms with Gasteiger partial charge >= 0.3 is 0 Å². The number of ether oxygens (including phenoxy) is 2. The highest BCUT2D eigenvalue weighted by molar-refractivity contribution is 4.70. The summed E-state index contributed by atoms with van der Waals surface area (Å²) < 4.78 is 9.85. The molecule has 0 aromatic carbocycles. The fourth-order valence-electron chi connectivity index (χ4n) is 0.663. The lowest BCUT2D eigenvalue weighted by Gasteiger charge is -2.12. The molecule has 1 fully saturated rings. The molecule has 0 bridgehead atoms. The van der Waals surface area contributed by atoms with Gasteiger partial charge in [-0.25, -0.2) is 0 Å². The molecule has 0 amide bonds. The Kier molecular flexibility index (Phi) is 1.83. The van der Waals surface area contributed by atoms with Crippen molar-refractivity contribution in [2.24, 2.45) is 0 Å². The largest absolute Gasteiger partial charge is 0.343 e. The minimum absolute atomic E-state index is 0.102. The third kappa shape index (κ3) is 1.18. The molecule has 1 heterocycles. The summed E-state index contributed by atoms with van der Waals surface area (Å²) in [4.78, 5) is 2.08. The smallest absolute Gasteiger partial charge is 0.218 e. The fourth-order valence-corrected chi connectivity index (χ4v) is 0.663. The molecule has 0 unspecified atom stereocenters. The fraction of sp³-hybridized carbons (Fsp3) is 1.00. The van der Waals surface area contributed by atoms with E-state index in [-0.39, 0.29) is 6.41 Å². The van der Waals surface area contributed by atoms with E-state index in [1.54, 1.807) is 14.2 Å². The van der Waals surface area contributed by atoms with Gasteiger partial charge in [0.1, 0.15) is 0 Å². The average molecular weight is 117 g/mol. The molecule has 0 N–H and O–H groups in total. The molecule has 0 aromatic heterocycles. The van der Waals surface area contributed by atoms with Gasteiger partial charge in [-0.15, -0.1) is 0 Å². The first-order valence-electron chi connectivity index (χ1n) is 2.68. The second-order valence-corrected chi connectivity index (χ2v) is 1.81. The highest BCUT2D eigenvalue weighted by atomic mass is 16.7. The Morgan fingerprint density at radius 1 is 1.25 bits per heavy atom. The molecule has 8 heavy (non-hydrogen) atoms. The topological polar surface area (TPSA) is 21.5 Å². The van der Waals surface area contributed by atoms with Crippen molar-refractivity contribution in [3.8, 4) is 0 Å². The maximum atomic E-state index is 4.93. The van der Waals surface area contributed by atoms with Crippen LogP contribution in [-0.2, 0) is 9.47 Å². The molecule has 0 atom stereocenters. The van der Waals surface area contributed by atoms with Crippen molar-refractivity contribution in [2.45, 2.75) is 6.41 Å². The van der Waals surface area contributed by atoms with Crippen LogP contribution in [0.2, 0.25) is 0 Å². The van der Waals surface area contributed by atoms with E-state index in [4.69, 9.17) is 9.47 Å². The highest BCUT2D eigenvalue weighted by Gasteiger charge is 2.26. The zero-order chi connectivity index (χ0) is 5.98. The molecule has 0 saturated carbocycles. The number of hydrogen-bond acceptors (Lipinski definition) is 3. The zero-order valence-electron chi connectivity index (χ0n) is 5.26. The van der Waals surface area contributed by atoms with Crippen LogP contribution >= 0.6 is 0 Å². The van der Waals surface area contributed by atoms with Crippen LogP contribution < -0.4 is 0 Å². The van der Waals surface area contributed by atoms with Crippen molar-refractivity contribution in [1.29, 1.82) is 0 Å². The van der Waals surface area contributed by atoms with E-state index in [1.165, 1.54) is 0 Å². The lowest BCUT2D eigenvalue weighted by atomic mass is 11.0. The van der Waals surface area contributed by atoms with E-state index in [0.717, 1.165) is 13.1 Å². The van der Waals surface area contributed by atoms with Crippen molar-refractivity contribution in [2.75, 3.05) is 27.3 Å². The highest BCUT2D eigenvalue weighted by Crippen LogP contribution is 2.10. The van der Waals surface area contributed by atoms with Gasteiger partial charge in [0.05, 0.1) is 0 Å². The van der Waals surface area contributed by atoms with E-state index in [2.05, 4.69) is 4.90 Å². The van der Waals surface area contributed by atoms with Gasteiger partial charge in [0.25, 0.3) is 0 Å². The lowest BCUT2D eigenvalue weighted by molar-refractivity contribution is -0.159. The van der Waals surface area contributed by atoms with Crippen LogP contribution in [0.4, 0.5) is 0 Å². The van der Waals surface area contributed by atoms with Gasteiger partial charge in [-0.1, -0.05) is 0 Å². The molecule has 3 nitrogen and oxygen atoms in total. The second-order valence-electron chi connectivity index (χ2n) is 1.81. The number of nitrogens with zero attached hydrogens (tertiary/aromatic N) is 1. The van der Waals surface area contributed by atoms with Crippen LogP contribution in [0.25, 0.3) is 0 Å². The van der Waals surface area contributed by atoms with Crippen LogP contribution in [0, 0.1) is 0 Å². The van der Waals surface area contributed by atoms with Crippen LogP contribution in [0.3, 0.4) is 0 Å². The van der Waals surface area contributed by atoms with Gasteiger partial charge in [0.2, 0.25) is 6.41 Å². The van der Waals surface area contributed by atoms with Gasteiger partial charge in [0, 0.05) is 27.3 Å². The number of rotatable bonds is 3. The summed E-state index contributed by atoms with van der Waals surface area (Å²) in [6, 6.07) is 0. The first-order chi connectivity index (χ1) is 3.88. The van der Waals surface area contributed by atoms with Gasteiger partial charge in [-0.05, 0) is 0 Å². The maximum Gasteiger partial charge on any atom is 0.218 e. The molecule has 3 heteroatoms. The Hall–Kier alpha value is -0.120. The molecule has 48 valence electrons. The Morgan fingerprint density at radius 2 is 1.75 bits per heavy atom. The number of methoxy groups -OCH3 is 2. The molecule has 0 aromatic rings. The molecule has 1 saturated heterocycles. The average Bonchev–Trinajstić information content (AvgIpc) is 2.53. The third-order valence-electron chi connectivity index (χ3n) is 1.18. The second kappa shape index (κ2) is 2.44. The van der Waals surface area contributed by atoms with Gasteiger partial charge in [0.15, 0.2) is 0 Å². The standard InChI is InChI=1S/C5H11NO2/c1-7-5(8-2)6-3-4-6/h5H,3-4H2,1-2H3. The molecule has 1 aliphatic heterocycles. The summed E-state index contributed by atoms with van der Waals surface area (Å²) in [5.74, 6) is 0. The van der Waals surface area contributed by atoms with E-state index in [1.807, 2.05) is 0 Å². The predicted molar refractivity (Wildman–Crippen MR) is 29.4 cm³/mol. The minimum Gasteiger partial charge on any atom is -0.343 e. The molecule has 0 aliphatic carbocycles. The summed E-state index contributed by atoms with van der Waals surface area (Å²) in [5.41, 5.74) is 0. The number of hydrogen-bond donors (Lipinski definition) is 0. The quantitative estimate of drug-likeness (QED) is 0.380. The van der Waals surface area contributed by atoms with Gasteiger partial charge in [-0.3, -0.25) is 4.90 Å².